The maximum absolute atomic E-state index is 13.5. The molecule has 0 fully saturated rings. The number of hydrogen-bond donors (Lipinski definition) is 1. The van der Waals surface area contributed by atoms with Gasteiger partial charge in [0.1, 0.15) is 5.82 Å². The highest BCUT2D eigenvalue weighted by Crippen LogP contribution is 2.28. The Bertz CT molecular complexity index is 823. The van der Waals surface area contributed by atoms with Crippen molar-refractivity contribution in [3.05, 3.63) is 53.8 Å². The van der Waals surface area contributed by atoms with Gasteiger partial charge in [0.05, 0.1) is 16.3 Å². The number of benzene rings is 2. The molecular weight excluding hydrogens is 327 g/mol. The summed E-state index contributed by atoms with van der Waals surface area (Å²) in [6.45, 7) is 6.18. The van der Waals surface area contributed by atoms with E-state index in [1.54, 1.807) is 43.3 Å². The summed E-state index contributed by atoms with van der Waals surface area (Å²) >= 11 is 0. The van der Waals surface area contributed by atoms with E-state index in [9.17, 15) is 12.8 Å². The predicted octanol–water partition coefficient (Wildman–Crippen LogP) is 3.99. The van der Waals surface area contributed by atoms with Crippen LogP contribution in [-0.4, -0.2) is 22.5 Å². The second-order valence-corrected chi connectivity index (χ2v) is 8.62. The molecule has 0 amide bonds. The highest BCUT2D eigenvalue weighted by Gasteiger charge is 2.19. The zero-order valence-corrected chi connectivity index (χ0v) is 15.4. The van der Waals surface area contributed by atoms with Crippen LogP contribution in [-0.2, 0) is 15.4 Å². The van der Waals surface area contributed by atoms with Crippen molar-refractivity contribution in [1.82, 2.24) is 0 Å². The van der Waals surface area contributed by atoms with Crippen LogP contribution in [0.4, 0.5) is 15.8 Å². The van der Waals surface area contributed by atoms with E-state index in [0.717, 1.165) is 5.56 Å². The van der Waals surface area contributed by atoms with Gasteiger partial charge in [0.2, 0.25) is 0 Å². The smallest absolute Gasteiger partial charge is 0.261 e. The third-order valence-corrected chi connectivity index (χ3v) is 5.10. The van der Waals surface area contributed by atoms with Crippen LogP contribution in [0.5, 0.6) is 0 Å². The summed E-state index contributed by atoms with van der Waals surface area (Å²) < 4.78 is 41.2. The summed E-state index contributed by atoms with van der Waals surface area (Å²) in [5.41, 5.74) is 1.78. The van der Waals surface area contributed by atoms with Gasteiger partial charge in [0, 0.05) is 20.2 Å². The zero-order valence-electron chi connectivity index (χ0n) is 14.6. The summed E-state index contributed by atoms with van der Waals surface area (Å²) in [6, 6.07) is 10.7. The quantitative estimate of drug-likeness (QED) is 0.907. The van der Waals surface area contributed by atoms with Crippen molar-refractivity contribution >= 4 is 21.4 Å². The molecule has 0 unspecified atom stereocenters. The molecule has 6 heteroatoms. The molecule has 2 rings (SSSR count). The third-order valence-electron chi connectivity index (χ3n) is 3.72. The zero-order chi connectivity index (χ0) is 18.1. The Morgan fingerprint density at radius 3 is 2.08 bits per heavy atom. The number of rotatable bonds is 4. The summed E-state index contributed by atoms with van der Waals surface area (Å²) in [4.78, 5) is 1.87. The van der Waals surface area contributed by atoms with Gasteiger partial charge in [-0.2, -0.15) is 0 Å². The van der Waals surface area contributed by atoms with E-state index in [1.165, 1.54) is 18.2 Å². The van der Waals surface area contributed by atoms with E-state index in [-0.39, 0.29) is 16.0 Å². The highest BCUT2D eigenvalue weighted by atomic mass is 32.2. The fourth-order valence-electron chi connectivity index (χ4n) is 2.32. The van der Waals surface area contributed by atoms with Crippen molar-refractivity contribution < 1.29 is 12.8 Å². The maximum atomic E-state index is 13.5. The van der Waals surface area contributed by atoms with Gasteiger partial charge in [-0.15, -0.1) is 0 Å². The van der Waals surface area contributed by atoms with E-state index in [1.807, 2.05) is 0 Å². The van der Waals surface area contributed by atoms with E-state index in [2.05, 4.69) is 25.5 Å². The number of sulfonamides is 1. The Kier molecular flexibility index (Phi) is 4.90. The number of halogens is 1. The molecule has 24 heavy (non-hydrogen) atoms. The summed E-state index contributed by atoms with van der Waals surface area (Å²) in [6.07, 6.45) is 0. The number of anilines is 2. The lowest BCUT2D eigenvalue weighted by Crippen LogP contribution is -2.18. The SMILES string of the molecule is CN(C)c1ccc(F)cc1NS(=O)(=O)c1ccc(C(C)(C)C)cc1. The molecule has 2 aromatic rings. The molecule has 0 saturated carbocycles. The van der Waals surface area contributed by atoms with Crippen LogP contribution in [0.2, 0.25) is 0 Å². The van der Waals surface area contributed by atoms with Gasteiger partial charge in [-0.25, -0.2) is 12.8 Å². The van der Waals surface area contributed by atoms with Gasteiger partial charge < -0.3 is 4.90 Å². The average molecular weight is 350 g/mol. The summed E-state index contributed by atoms with van der Waals surface area (Å²) in [5.74, 6) is -0.499. The monoisotopic (exact) mass is 350 g/mol. The maximum Gasteiger partial charge on any atom is 0.261 e. The molecule has 0 aromatic heterocycles. The Balaban J connectivity index is 2.37. The molecule has 130 valence electrons. The van der Waals surface area contributed by atoms with Gasteiger partial charge in [0.15, 0.2) is 0 Å². The van der Waals surface area contributed by atoms with Crippen LogP contribution in [0.3, 0.4) is 0 Å². The number of nitrogens with one attached hydrogen (secondary N) is 1. The molecule has 0 saturated heterocycles. The molecule has 0 heterocycles. The Hall–Kier alpha value is -2.08. The molecule has 0 bridgehead atoms. The Labute approximate surface area is 143 Å². The molecule has 0 spiro atoms. The van der Waals surface area contributed by atoms with Gasteiger partial charge in [-0.05, 0) is 35.2 Å². The molecular formula is C18H23FN2O2S. The fourth-order valence-corrected chi connectivity index (χ4v) is 3.38. The van der Waals surface area contributed by atoms with Crippen molar-refractivity contribution in [1.29, 1.82) is 0 Å². The number of hydrogen-bond acceptors (Lipinski definition) is 3. The average Bonchev–Trinajstić information content (AvgIpc) is 2.45. The lowest BCUT2D eigenvalue weighted by atomic mass is 9.87. The van der Waals surface area contributed by atoms with Crippen molar-refractivity contribution in [3.8, 4) is 0 Å². The molecule has 0 radical (unpaired) electrons. The van der Waals surface area contributed by atoms with Crippen molar-refractivity contribution in [2.75, 3.05) is 23.7 Å². The van der Waals surface area contributed by atoms with Crippen LogP contribution >= 0.6 is 0 Å². The minimum Gasteiger partial charge on any atom is -0.376 e. The minimum absolute atomic E-state index is 0.0592. The van der Waals surface area contributed by atoms with Crippen LogP contribution < -0.4 is 9.62 Å². The molecule has 0 aliphatic heterocycles. The molecule has 1 N–H and O–H groups in total. The fraction of sp³-hybridized carbons (Fsp3) is 0.333. The first kappa shape index (κ1) is 18.3. The molecule has 2 aromatic carbocycles. The van der Waals surface area contributed by atoms with Crippen LogP contribution in [0.15, 0.2) is 47.4 Å². The van der Waals surface area contributed by atoms with E-state index < -0.39 is 15.8 Å². The first-order valence-electron chi connectivity index (χ1n) is 7.61. The first-order valence-corrected chi connectivity index (χ1v) is 9.09. The minimum atomic E-state index is -3.79. The topological polar surface area (TPSA) is 49.4 Å². The largest absolute Gasteiger partial charge is 0.376 e. The van der Waals surface area contributed by atoms with Crippen LogP contribution in [0, 0.1) is 5.82 Å². The second kappa shape index (κ2) is 6.43. The first-order chi connectivity index (χ1) is 11.0. The summed E-state index contributed by atoms with van der Waals surface area (Å²) in [7, 11) is -0.258. The molecule has 0 atom stereocenters. The Morgan fingerprint density at radius 1 is 1.00 bits per heavy atom. The van der Waals surface area contributed by atoms with Crippen molar-refractivity contribution in [2.24, 2.45) is 0 Å². The predicted molar refractivity (Wildman–Crippen MR) is 96.7 cm³/mol. The highest BCUT2D eigenvalue weighted by molar-refractivity contribution is 7.92. The van der Waals surface area contributed by atoms with Crippen molar-refractivity contribution in [2.45, 2.75) is 31.1 Å². The third kappa shape index (κ3) is 4.06. The normalized spacial score (nSPS) is 12.1. The van der Waals surface area contributed by atoms with Crippen LogP contribution in [0.25, 0.3) is 0 Å². The lowest BCUT2D eigenvalue weighted by molar-refractivity contribution is 0.587. The molecule has 4 nitrogen and oxygen atoms in total. The van der Waals surface area contributed by atoms with E-state index in [0.29, 0.717) is 5.69 Å². The van der Waals surface area contributed by atoms with Gasteiger partial charge in [0.25, 0.3) is 10.0 Å². The second-order valence-electron chi connectivity index (χ2n) is 6.94. The molecule has 0 aliphatic rings. The van der Waals surface area contributed by atoms with Crippen molar-refractivity contribution in [3.63, 3.8) is 0 Å². The summed E-state index contributed by atoms with van der Waals surface area (Å²) in [5, 5.41) is 0. The van der Waals surface area contributed by atoms with Gasteiger partial charge in [-0.3, -0.25) is 4.72 Å². The van der Waals surface area contributed by atoms with Crippen LogP contribution in [0.1, 0.15) is 26.3 Å². The van der Waals surface area contributed by atoms with Gasteiger partial charge >= 0.3 is 0 Å². The standard InChI is InChI=1S/C18H23FN2O2S/c1-18(2,3)13-6-9-15(10-7-13)24(22,23)20-16-12-14(19)8-11-17(16)21(4)5/h6-12,20H,1-5H3. The lowest BCUT2D eigenvalue weighted by Gasteiger charge is -2.20. The van der Waals surface area contributed by atoms with Gasteiger partial charge in [-0.1, -0.05) is 32.9 Å². The Morgan fingerprint density at radius 2 is 1.58 bits per heavy atom. The number of nitrogens with zero attached hydrogens (tertiary/aromatic N) is 1. The molecule has 0 aliphatic carbocycles. The van der Waals surface area contributed by atoms with E-state index >= 15 is 0 Å². The van der Waals surface area contributed by atoms with E-state index in [4.69, 9.17) is 0 Å².